The maximum atomic E-state index is 12.2. The van der Waals surface area contributed by atoms with Gasteiger partial charge in [0.15, 0.2) is 24.3 Å². The molecule has 0 bridgehead atoms. The fourth-order valence-electron chi connectivity index (χ4n) is 4.99. The molecule has 51 heavy (non-hydrogen) atoms. The molecule has 0 aromatic rings. The Morgan fingerprint density at radius 2 is 1.37 bits per heavy atom. The first-order chi connectivity index (χ1) is 24.1. The number of hydrogen-bond donors (Lipinski definition) is 1. The third-order valence-electron chi connectivity index (χ3n) is 8.16. The molecule has 1 saturated heterocycles. The molecule has 6 atom stereocenters. The summed E-state index contributed by atoms with van der Waals surface area (Å²) in [6, 6.07) is -1.10. The number of ketones is 2. The molecular weight excluding hydrogens is 672 g/mol. The fraction of sp³-hybridized carbons (Fsp3) is 0.800. The molecule has 1 N–H and O–H groups in total. The zero-order valence-electron chi connectivity index (χ0n) is 31.0. The van der Waals surface area contributed by atoms with Gasteiger partial charge < -0.3 is 38.6 Å². The number of carbonyl (C=O) groups excluding carboxylic acids is 6. The summed E-state index contributed by atoms with van der Waals surface area (Å²) in [4.78, 5) is 84.7. The lowest BCUT2D eigenvalue weighted by Crippen LogP contribution is -2.66. The summed E-state index contributed by atoms with van der Waals surface area (Å²) >= 11 is 0. The Balaban J connectivity index is 2.36. The normalized spacial score (nSPS) is 21.2. The molecule has 0 aromatic heterocycles. The van der Waals surface area contributed by atoms with Crippen molar-refractivity contribution in [1.29, 1.82) is 0 Å². The number of carbonyl (C=O) groups is 6. The summed E-state index contributed by atoms with van der Waals surface area (Å²) in [7, 11) is 0. The molecule has 1 aliphatic heterocycles. The predicted octanol–water partition coefficient (Wildman–Crippen LogP) is 3.56. The number of ether oxygens (including phenoxy) is 6. The summed E-state index contributed by atoms with van der Waals surface area (Å²) in [5.74, 6) is -2.55. The van der Waals surface area contributed by atoms with Crippen molar-refractivity contribution in [3.8, 4) is 0 Å². The number of hydrogen-bond acceptors (Lipinski definition) is 14. The summed E-state index contributed by atoms with van der Waals surface area (Å²) in [6.45, 7) is 19.0. The predicted molar refractivity (Wildman–Crippen MR) is 179 cm³/mol. The van der Waals surface area contributed by atoms with Gasteiger partial charge in [0.25, 0.3) is 0 Å². The first kappa shape index (κ1) is 45.5. The van der Waals surface area contributed by atoms with E-state index in [0.29, 0.717) is 64.6 Å². The van der Waals surface area contributed by atoms with E-state index in [2.05, 4.69) is 15.0 Å². The van der Waals surface area contributed by atoms with Crippen molar-refractivity contribution in [2.45, 2.75) is 143 Å². The van der Waals surface area contributed by atoms with Crippen molar-refractivity contribution in [2.75, 3.05) is 33.0 Å². The molecule has 0 spiro atoms. The van der Waals surface area contributed by atoms with Crippen LogP contribution in [0.15, 0.2) is 0 Å². The van der Waals surface area contributed by atoms with Crippen LogP contribution in [0, 0.1) is 12.5 Å². The maximum Gasteiger partial charge on any atom is 0.339 e. The Hall–Kier alpha value is -3.49. The third-order valence-corrected chi connectivity index (χ3v) is 8.16. The van der Waals surface area contributed by atoms with Crippen molar-refractivity contribution < 1.29 is 67.0 Å². The zero-order chi connectivity index (χ0) is 38.4. The van der Waals surface area contributed by atoms with Crippen LogP contribution >= 0.6 is 0 Å². The lowest BCUT2D eigenvalue weighted by molar-refractivity contribution is -0.417. The molecule has 0 aliphatic carbocycles. The van der Waals surface area contributed by atoms with Gasteiger partial charge in [0.2, 0.25) is 17.7 Å². The Morgan fingerprint density at radius 3 is 1.98 bits per heavy atom. The molecule has 16 nitrogen and oxygen atoms in total. The number of Topliss-reactive ketones (excluding diaryl/α,β-unsaturated/α-hetero) is 2. The monoisotopic (exact) mass is 728 g/mol. The molecule has 1 rings (SSSR count). The molecule has 1 fully saturated rings. The third kappa shape index (κ3) is 19.1. The Bertz CT molecular complexity index is 1170. The maximum absolute atomic E-state index is 12.2. The van der Waals surface area contributed by atoms with Gasteiger partial charge in [0, 0.05) is 79.4 Å². The zero-order valence-corrected chi connectivity index (χ0v) is 31.0. The summed E-state index contributed by atoms with van der Waals surface area (Å²) in [5, 5.41) is 2.60. The van der Waals surface area contributed by atoms with E-state index in [9.17, 15) is 28.8 Å². The highest BCUT2D eigenvalue weighted by Gasteiger charge is 2.52. The fourth-order valence-corrected chi connectivity index (χ4v) is 4.99. The molecule has 0 aromatic carbocycles. The highest BCUT2D eigenvalue weighted by molar-refractivity contribution is 5.79. The molecule has 0 radical (unpaired) electrons. The number of nitrogens with one attached hydrogen (secondary N) is 1. The second-order valence-corrected chi connectivity index (χ2v) is 12.9. The van der Waals surface area contributed by atoms with Crippen molar-refractivity contribution in [3.05, 3.63) is 11.4 Å². The molecule has 1 unspecified atom stereocenters. The Kier molecular flexibility index (Phi) is 22.0. The highest BCUT2D eigenvalue weighted by atomic mass is 17.2. The molecule has 1 heterocycles. The van der Waals surface area contributed by atoms with Crippen LogP contribution < -0.4 is 5.32 Å². The second-order valence-electron chi connectivity index (χ2n) is 12.9. The van der Waals surface area contributed by atoms with Crippen LogP contribution in [0.2, 0.25) is 0 Å². The van der Waals surface area contributed by atoms with Crippen molar-refractivity contribution in [2.24, 2.45) is 5.92 Å². The van der Waals surface area contributed by atoms with Gasteiger partial charge in [0.1, 0.15) is 18.4 Å². The van der Waals surface area contributed by atoms with Gasteiger partial charge in [-0.15, -0.1) is 4.89 Å². The Labute approximate surface area is 300 Å². The summed E-state index contributed by atoms with van der Waals surface area (Å²) in [6.07, 6.45) is -0.560. The molecule has 1 amide bonds. The standard InChI is InChI=1S/C35H56N2O14/c1-23(2)35(7,36-8)17-16-28(42)15-13-18-44-20-21-45-22-29(43)14-11-9-10-12-19-46-33-30(37-24(3)38)31(47-25(4)39)32(48-26(5)40)34(49-33)51-50-27(6)41/h23,30-34H,9-22H2,1-7H3,(H,37,38)/t30-,31-,32-,33-,34-,35?/m1/s1. The second kappa shape index (κ2) is 24.7. The lowest BCUT2D eigenvalue weighted by Gasteiger charge is -2.43. The molecular formula is C35H56N2O14. The molecule has 0 saturated carbocycles. The smallest absolute Gasteiger partial charge is 0.339 e. The molecule has 16 heteroatoms. The van der Waals surface area contributed by atoms with Gasteiger partial charge in [-0.25, -0.2) is 11.4 Å². The largest absolute Gasteiger partial charge is 0.456 e. The first-order valence-electron chi connectivity index (χ1n) is 17.4. The quantitative estimate of drug-likeness (QED) is 0.0447. The van der Waals surface area contributed by atoms with Crippen molar-refractivity contribution in [1.82, 2.24) is 5.32 Å². The SMILES string of the molecule is [C-]#[N+]C(C)(CCC(=O)CCCOCCOCC(=O)CCCCCCO[C@@H]1O[C@H](OOC(C)=O)[C@H](OC(C)=O)[C@H](OC(C)=O)[C@H]1NC(C)=O)C(C)C. The van der Waals surface area contributed by atoms with Gasteiger partial charge in [-0.1, -0.05) is 26.7 Å². The van der Waals surface area contributed by atoms with Crippen LogP contribution in [-0.4, -0.2) is 105 Å². The van der Waals surface area contributed by atoms with Crippen LogP contribution in [0.4, 0.5) is 0 Å². The van der Waals surface area contributed by atoms with E-state index in [1.165, 1.54) is 6.92 Å². The number of nitrogens with zero attached hydrogens (tertiary/aromatic N) is 1. The van der Waals surface area contributed by atoms with Gasteiger partial charge in [0.05, 0.1) is 13.2 Å². The number of esters is 2. The van der Waals surface area contributed by atoms with E-state index < -0.39 is 60.2 Å². The molecule has 1 aliphatic rings. The average Bonchev–Trinajstić information content (AvgIpc) is 3.05. The van der Waals surface area contributed by atoms with E-state index in [1.54, 1.807) is 0 Å². The lowest BCUT2D eigenvalue weighted by atomic mass is 9.84. The number of rotatable bonds is 26. The van der Waals surface area contributed by atoms with Gasteiger partial charge in [-0.2, -0.15) is 0 Å². The van der Waals surface area contributed by atoms with E-state index in [4.69, 9.17) is 39.9 Å². The van der Waals surface area contributed by atoms with E-state index in [0.717, 1.165) is 27.2 Å². The van der Waals surface area contributed by atoms with Crippen LogP contribution in [0.5, 0.6) is 0 Å². The summed E-state index contributed by atoms with van der Waals surface area (Å²) in [5.41, 5.74) is -0.515. The van der Waals surface area contributed by atoms with Crippen LogP contribution in [-0.2, 0) is 67.0 Å². The molecule has 290 valence electrons. The van der Waals surface area contributed by atoms with E-state index in [1.807, 2.05) is 20.8 Å². The first-order valence-corrected chi connectivity index (χ1v) is 17.4. The van der Waals surface area contributed by atoms with Crippen LogP contribution in [0.25, 0.3) is 4.85 Å². The average molecular weight is 729 g/mol. The topological polar surface area (TPSA) is 193 Å². The minimum atomic E-state index is -1.54. The van der Waals surface area contributed by atoms with Crippen LogP contribution in [0.3, 0.4) is 0 Å². The van der Waals surface area contributed by atoms with Gasteiger partial charge in [-0.3, -0.25) is 28.9 Å². The van der Waals surface area contributed by atoms with Crippen molar-refractivity contribution >= 4 is 35.4 Å². The Morgan fingerprint density at radius 1 is 0.745 bits per heavy atom. The van der Waals surface area contributed by atoms with E-state index in [-0.39, 0.29) is 37.3 Å². The number of amides is 1. The van der Waals surface area contributed by atoms with Crippen LogP contribution in [0.1, 0.15) is 106 Å². The van der Waals surface area contributed by atoms with Gasteiger partial charge >= 0.3 is 17.9 Å². The van der Waals surface area contributed by atoms with E-state index >= 15 is 0 Å². The summed E-state index contributed by atoms with van der Waals surface area (Å²) < 4.78 is 33.2. The number of unbranched alkanes of at least 4 members (excludes halogenated alkanes) is 3. The highest BCUT2D eigenvalue weighted by Crippen LogP contribution is 2.29. The van der Waals surface area contributed by atoms with Gasteiger partial charge in [-0.05, 0) is 19.3 Å². The minimum Gasteiger partial charge on any atom is -0.456 e. The minimum absolute atomic E-state index is 0.0153. The van der Waals surface area contributed by atoms with Crippen molar-refractivity contribution in [3.63, 3.8) is 0 Å².